The van der Waals surface area contributed by atoms with Crippen LogP contribution in [0.15, 0.2) is 54.7 Å². The molecule has 312 valence electrons. The second-order valence-corrected chi connectivity index (χ2v) is 17.7. The Balaban J connectivity index is 0.679. The van der Waals surface area contributed by atoms with Gasteiger partial charge in [0.1, 0.15) is 28.9 Å². The normalized spacial score (nSPS) is 22.7. The zero-order chi connectivity index (χ0) is 41.1. The summed E-state index contributed by atoms with van der Waals surface area (Å²) in [6, 6.07) is 14.6. The quantitative estimate of drug-likeness (QED) is 0.233. The number of hydrogen-bond acceptors (Lipinski definition) is 11. The van der Waals surface area contributed by atoms with Gasteiger partial charge in [-0.2, -0.15) is 5.10 Å². The number of piperidine rings is 3. The van der Waals surface area contributed by atoms with E-state index in [1.165, 1.54) is 0 Å². The van der Waals surface area contributed by atoms with Gasteiger partial charge < -0.3 is 19.4 Å². The van der Waals surface area contributed by atoms with Gasteiger partial charge in [0.05, 0.1) is 16.6 Å². The Bertz CT molecular complexity index is 2370. The van der Waals surface area contributed by atoms with Crippen molar-refractivity contribution in [3.8, 4) is 17.0 Å². The van der Waals surface area contributed by atoms with Gasteiger partial charge in [-0.1, -0.05) is 0 Å². The van der Waals surface area contributed by atoms with Crippen LogP contribution in [0.3, 0.4) is 0 Å². The predicted molar refractivity (Wildman–Crippen MR) is 224 cm³/mol. The number of carbonyl (C=O) groups excluding carboxylic acids is 5. The maximum atomic E-state index is 13.7. The Labute approximate surface area is 348 Å². The number of likely N-dealkylation sites (tertiary alicyclic amines) is 1. The summed E-state index contributed by atoms with van der Waals surface area (Å²) in [5, 5.41) is 11.1. The Morgan fingerprint density at radius 3 is 2.33 bits per heavy atom. The number of carbonyl (C=O) groups is 5. The van der Waals surface area contributed by atoms with Gasteiger partial charge in [-0.15, -0.1) is 0 Å². The highest BCUT2D eigenvalue weighted by atomic mass is 16.5. The van der Waals surface area contributed by atoms with E-state index in [4.69, 9.17) is 9.72 Å². The highest BCUT2D eigenvalue weighted by Crippen LogP contribution is 2.41. The molecule has 2 aromatic carbocycles. The van der Waals surface area contributed by atoms with E-state index < -0.39 is 29.7 Å². The van der Waals surface area contributed by atoms with Crippen molar-refractivity contribution in [2.24, 2.45) is 11.8 Å². The minimum absolute atomic E-state index is 0.0344. The third-order valence-corrected chi connectivity index (χ3v) is 13.6. The zero-order valence-electron chi connectivity index (χ0n) is 34.0. The fraction of sp³-hybridized carbons (Fsp3) is 0.489. The Kier molecular flexibility index (Phi) is 9.80. The first-order chi connectivity index (χ1) is 29.1. The smallest absolute Gasteiger partial charge is 0.262 e. The second-order valence-electron chi connectivity index (χ2n) is 17.7. The van der Waals surface area contributed by atoms with E-state index in [-0.39, 0.29) is 41.4 Å². The average molecular weight is 814 g/mol. The van der Waals surface area contributed by atoms with Crippen LogP contribution in [0.2, 0.25) is 0 Å². The first kappa shape index (κ1) is 38.4. The predicted octanol–water partition coefficient (Wildman–Crippen LogP) is 4.23. The summed E-state index contributed by atoms with van der Waals surface area (Å²) < 4.78 is 6.24. The van der Waals surface area contributed by atoms with Crippen LogP contribution in [0.1, 0.15) is 79.0 Å². The summed E-state index contributed by atoms with van der Waals surface area (Å²) in [5.41, 5.74) is 4.25. The highest BCUT2D eigenvalue weighted by Gasteiger charge is 2.45. The van der Waals surface area contributed by atoms with Crippen molar-refractivity contribution in [1.29, 1.82) is 0 Å². The van der Waals surface area contributed by atoms with Gasteiger partial charge in [0.25, 0.3) is 11.8 Å². The number of benzene rings is 2. The number of anilines is 2. The van der Waals surface area contributed by atoms with Gasteiger partial charge >= 0.3 is 0 Å². The molecular formula is C45H51N9O6. The third-order valence-electron chi connectivity index (χ3n) is 13.6. The van der Waals surface area contributed by atoms with Gasteiger partial charge in [0.2, 0.25) is 17.7 Å². The lowest BCUT2D eigenvalue weighted by atomic mass is 9.91. The minimum Gasteiger partial charge on any atom is -0.488 e. The molecule has 0 spiro atoms. The molecule has 0 bridgehead atoms. The van der Waals surface area contributed by atoms with Crippen LogP contribution in [0.25, 0.3) is 22.2 Å². The first-order valence-corrected chi connectivity index (χ1v) is 21.6. The van der Waals surface area contributed by atoms with Crippen LogP contribution in [0, 0.1) is 11.8 Å². The number of rotatable bonds is 9. The minimum atomic E-state index is -0.990. The van der Waals surface area contributed by atoms with E-state index in [1.54, 1.807) is 12.1 Å². The van der Waals surface area contributed by atoms with Crippen LogP contribution in [-0.4, -0.2) is 130 Å². The van der Waals surface area contributed by atoms with Gasteiger partial charge in [0.15, 0.2) is 0 Å². The van der Waals surface area contributed by atoms with Crippen molar-refractivity contribution < 1.29 is 28.7 Å². The number of amides is 5. The number of piperazine rings is 1. The molecule has 5 amide bonds. The number of ether oxygens (including phenoxy) is 1. The largest absolute Gasteiger partial charge is 0.488 e. The molecule has 4 saturated heterocycles. The number of nitrogens with one attached hydrogen (secondary N) is 2. The number of aromatic amines is 1. The summed E-state index contributed by atoms with van der Waals surface area (Å²) in [6.07, 6.45) is 7.72. The van der Waals surface area contributed by atoms with Gasteiger partial charge in [-0.25, -0.2) is 4.98 Å². The summed E-state index contributed by atoms with van der Waals surface area (Å²) in [6.45, 7) is 9.89. The summed E-state index contributed by atoms with van der Waals surface area (Å²) >= 11 is 0. The lowest BCUT2D eigenvalue weighted by Crippen LogP contribution is -2.54. The van der Waals surface area contributed by atoms with Crippen molar-refractivity contribution in [3.63, 3.8) is 0 Å². The Hall–Kier alpha value is -5.83. The number of imide groups is 2. The molecule has 6 aliphatic rings. The molecule has 1 atom stereocenters. The maximum Gasteiger partial charge on any atom is 0.262 e. The second kappa shape index (κ2) is 15.3. The van der Waals surface area contributed by atoms with Crippen molar-refractivity contribution in [3.05, 3.63) is 65.9 Å². The van der Waals surface area contributed by atoms with E-state index in [2.05, 4.69) is 54.2 Å². The van der Waals surface area contributed by atoms with Crippen LogP contribution in [-0.2, 0) is 14.4 Å². The number of fused-ring (bicyclic) bond motifs is 2. The molecule has 60 heavy (non-hydrogen) atoms. The fourth-order valence-corrected chi connectivity index (χ4v) is 9.74. The van der Waals surface area contributed by atoms with Crippen LogP contribution >= 0.6 is 0 Å². The molecule has 15 heteroatoms. The summed E-state index contributed by atoms with van der Waals surface area (Å²) in [5.74, 6) is 0.584. The molecule has 1 aliphatic carbocycles. The van der Waals surface area contributed by atoms with E-state index in [9.17, 15) is 24.0 Å². The molecule has 0 radical (unpaired) electrons. The SMILES string of the molecule is CC1(Oc2ccc3[nH]nc(-c4ccnc(N5CCN(CC6CCN(C(=O)C7CCN(c8ccc9c(c8)C(=O)N(C8CCC(=O)NC8=O)C9=O)CC7)CC6)CC5)c4)c3c2)CC1. The number of aromatic nitrogens is 3. The molecule has 15 nitrogen and oxygen atoms in total. The number of nitrogens with zero attached hydrogens (tertiary/aromatic N) is 7. The highest BCUT2D eigenvalue weighted by molar-refractivity contribution is 6.23. The van der Waals surface area contributed by atoms with Crippen molar-refractivity contribution in [2.75, 3.05) is 68.7 Å². The molecular weight excluding hydrogens is 763 g/mol. The van der Waals surface area contributed by atoms with Crippen molar-refractivity contribution >= 4 is 51.9 Å². The molecule has 1 saturated carbocycles. The van der Waals surface area contributed by atoms with Crippen LogP contribution in [0.5, 0.6) is 5.75 Å². The third kappa shape index (κ3) is 7.37. The number of hydrogen-bond donors (Lipinski definition) is 2. The average Bonchev–Trinajstić information content (AvgIpc) is 3.75. The van der Waals surface area contributed by atoms with Crippen LogP contribution < -0.4 is 19.9 Å². The molecule has 1 unspecified atom stereocenters. The standard InChI is InChI=1S/C45H51N9O6/c1-45(13-14-45)60-32-3-5-36-35(26-32)40(49-48-36)30-8-15-46-38(24-30)52-22-20-50(21-23-52)27-28-9-16-53(17-10-28)42(57)29-11-18-51(19-12-29)31-2-4-33-34(25-31)44(59)54(43(33)58)37-6-7-39(55)47-41(37)56/h2-5,8,15,24-26,28-29,37H,6-7,9-14,16-23,27H2,1H3,(H,48,49)(H,47,55,56). The monoisotopic (exact) mass is 813 g/mol. The molecule has 5 aliphatic heterocycles. The van der Waals surface area contributed by atoms with Crippen molar-refractivity contribution in [1.82, 2.24) is 35.2 Å². The van der Waals surface area contributed by atoms with Gasteiger partial charge in [0, 0.05) is 94.1 Å². The molecule has 10 rings (SSSR count). The van der Waals surface area contributed by atoms with E-state index in [1.807, 2.05) is 30.5 Å². The number of H-pyrrole nitrogens is 1. The van der Waals surface area contributed by atoms with Crippen molar-refractivity contribution in [2.45, 2.75) is 69.9 Å². The van der Waals surface area contributed by atoms with Gasteiger partial charge in [-0.05, 0) is 106 Å². The number of pyridine rings is 1. The van der Waals surface area contributed by atoms with E-state index >= 15 is 0 Å². The Morgan fingerprint density at radius 2 is 1.58 bits per heavy atom. The molecule has 7 heterocycles. The Morgan fingerprint density at radius 1 is 0.817 bits per heavy atom. The van der Waals surface area contributed by atoms with Crippen LogP contribution in [0.4, 0.5) is 11.5 Å². The van der Waals surface area contributed by atoms with E-state index in [0.29, 0.717) is 19.0 Å². The molecule has 2 aromatic heterocycles. The fourth-order valence-electron chi connectivity index (χ4n) is 9.74. The first-order valence-electron chi connectivity index (χ1n) is 21.6. The maximum absolute atomic E-state index is 13.7. The lowest BCUT2D eigenvalue weighted by Gasteiger charge is -2.40. The van der Waals surface area contributed by atoms with Gasteiger partial charge in [-0.3, -0.25) is 44.2 Å². The molecule has 2 N–H and O–H groups in total. The topological polar surface area (TPSA) is 164 Å². The summed E-state index contributed by atoms with van der Waals surface area (Å²) in [7, 11) is 0. The molecule has 4 aromatic rings. The summed E-state index contributed by atoms with van der Waals surface area (Å²) in [4.78, 5) is 79.2. The zero-order valence-corrected chi connectivity index (χ0v) is 34.0. The lowest BCUT2D eigenvalue weighted by molar-refractivity contribution is -0.138. The molecule has 5 fully saturated rings. The van der Waals surface area contributed by atoms with E-state index in [0.717, 1.165) is 129 Å².